The van der Waals surface area contributed by atoms with Gasteiger partial charge in [-0.2, -0.15) is 0 Å². The standard InChI is InChI=1S/C15H25BrN2O/c1-15(2,18-9-6-4-5-7-10-18)14(17-3)13-12(16)8-11-19-13/h8,11,14,17H,4-7,9-10H2,1-3H3. The normalized spacial score (nSPS) is 20.2. The van der Waals surface area contributed by atoms with Gasteiger partial charge in [-0.1, -0.05) is 12.8 Å². The molecule has 0 aromatic carbocycles. The molecule has 1 saturated heterocycles. The topological polar surface area (TPSA) is 28.4 Å². The second-order valence-corrected chi connectivity index (χ2v) is 6.76. The summed E-state index contributed by atoms with van der Waals surface area (Å²) in [4.78, 5) is 2.61. The van der Waals surface area contributed by atoms with Crippen molar-refractivity contribution in [2.24, 2.45) is 0 Å². The van der Waals surface area contributed by atoms with Crippen molar-refractivity contribution in [1.29, 1.82) is 0 Å². The molecule has 1 aliphatic heterocycles. The lowest BCUT2D eigenvalue weighted by Crippen LogP contribution is -2.52. The lowest BCUT2D eigenvalue weighted by molar-refractivity contribution is 0.0775. The third kappa shape index (κ3) is 3.23. The fourth-order valence-corrected chi connectivity index (χ4v) is 3.58. The van der Waals surface area contributed by atoms with Gasteiger partial charge in [0.2, 0.25) is 0 Å². The predicted molar refractivity (Wildman–Crippen MR) is 82.3 cm³/mol. The monoisotopic (exact) mass is 328 g/mol. The lowest BCUT2D eigenvalue weighted by atomic mass is 9.90. The molecule has 2 rings (SSSR count). The minimum absolute atomic E-state index is 0.0411. The fourth-order valence-electron chi connectivity index (χ4n) is 3.15. The molecule has 0 bridgehead atoms. The number of furan rings is 1. The molecule has 1 fully saturated rings. The van der Waals surface area contributed by atoms with Gasteiger partial charge in [-0.25, -0.2) is 0 Å². The molecule has 0 radical (unpaired) electrons. The minimum Gasteiger partial charge on any atom is -0.466 e. The first-order valence-electron chi connectivity index (χ1n) is 7.22. The van der Waals surface area contributed by atoms with Crippen molar-refractivity contribution in [3.05, 3.63) is 22.6 Å². The zero-order valence-corrected chi connectivity index (χ0v) is 13.8. The quantitative estimate of drug-likeness (QED) is 0.906. The van der Waals surface area contributed by atoms with E-state index in [4.69, 9.17) is 4.42 Å². The molecule has 1 unspecified atom stereocenters. The van der Waals surface area contributed by atoms with Gasteiger partial charge in [-0.3, -0.25) is 4.90 Å². The Balaban J connectivity index is 2.22. The summed E-state index contributed by atoms with van der Waals surface area (Å²) in [5.41, 5.74) is 0.0411. The van der Waals surface area contributed by atoms with Gasteiger partial charge >= 0.3 is 0 Å². The summed E-state index contributed by atoms with van der Waals surface area (Å²) in [5, 5.41) is 3.44. The molecular weight excluding hydrogens is 304 g/mol. The molecule has 1 aliphatic rings. The molecule has 108 valence electrons. The number of nitrogens with zero attached hydrogens (tertiary/aromatic N) is 1. The van der Waals surface area contributed by atoms with Gasteiger partial charge in [0.1, 0.15) is 5.76 Å². The highest BCUT2D eigenvalue weighted by Crippen LogP contribution is 2.36. The Morgan fingerprint density at radius 2 is 1.89 bits per heavy atom. The van der Waals surface area contributed by atoms with E-state index in [0.29, 0.717) is 0 Å². The molecule has 3 nitrogen and oxygen atoms in total. The molecule has 2 heterocycles. The minimum atomic E-state index is 0.0411. The number of nitrogens with one attached hydrogen (secondary N) is 1. The molecular formula is C15H25BrN2O. The predicted octanol–water partition coefficient (Wildman–Crippen LogP) is 3.96. The summed E-state index contributed by atoms with van der Waals surface area (Å²) in [7, 11) is 2.01. The van der Waals surface area contributed by atoms with Crippen LogP contribution in [0.5, 0.6) is 0 Å². The first-order chi connectivity index (χ1) is 9.07. The largest absolute Gasteiger partial charge is 0.466 e. The number of hydrogen-bond acceptors (Lipinski definition) is 3. The van der Waals surface area contributed by atoms with Crippen LogP contribution in [-0.4, -0.2) is 30.6 Å². The van der Waals surface area contributed by atoms with Crippen molar-refractivity contribution in [3.63, 3.8) is 0 Å². The molecule has 1 N–H and O–H groups in total. The summed E-state index contributed by atoms with van der Waals surface area (Å²) in [6, 6.07) is 2.16. The molecule has 1 aromatic heterocycles. The molecule has 0 aliphatic carbocycles. The smallest absolute Gasteiger partial charge is 0.136 e. The van der Waals surface area contributed by atoms with Crippen molar-refractivity contribution in [2.45, 2.75) is 51.1 Å². The first kappa shape index (κ1) is 15.1. The van der Waals surface area contributed by atoms with Crippen molar-refractivity contribution < 1.29 is 4.42 Å². The van der Waals surface area contributed by atoms with Gasteiger partial charge in [-0.15, -0.1) is 0 Å². The van der Waals surface area contributed by atoms with E-state index in [1.54, 1.807) is 6.26 Å². The summed E-state index contributed by atoms with van der Waals surface area (Å²) < 4.78 is 6.74. The Bertz CT molecular complexity index is 395. The average Bonchev–Trinajstić information content (AvgIpc) is 2.66. The maximum Gasteiger partial charge on any atom is 0.136 e. The maximum atomic E-state index is 5.69. The van der Waals surface area contributed by atoms with E-state index in [1.807, 2.05) is 13.1 Å². The van der Waals surface area contributed by atoms with E-state index in [1.165, 1.54) is 38.8 Å². The molecule has 0 amide bonds. The van der Waals surface area contributed by atoms with Crippen LogP contribution in [0.15, 0.2) is 21.2 Å². The molecule has 1 atom stereocenters. The molecule has 0 spiro atoms. The highest BCUT2D eigenvalue weighted by molar-refractivity contribution is 9.10. The summed E-state index contributed by atoms with van der Waals surface area (Å²) in [5.74, 6) is 0.997. The first-order valence-corrected chi connectivity index (χ1v) is 8.02. The Labute approximate surface area is 124 Å². The van der Waals surface area contributed by atoms with Gasteiger partial charge < -0.3 is 9.73 Å². The van der Waals surface area contributed by atoms with Gasteiger partial charge in [0.05, 0.1) is 16.8 Å². The maximum absolute atomic E-state index is 5.69. The van der Waals surface area contributed by atoms with Crippen LogP contribution in [0.1, 0.15) is 51.3 Å². The SMILES string of the molecule is CNC(c1occc1Br)C(C)(C)N1CCCCCC1. The lowest BCUT2D eigenvalue weighted by Gasteiger charge is -2.43. The summed E-state index contributed by atoms with van der Waals surface area (Å²) in [6.45, 7) is 7.00. The summed E-state index contributed by atoms with van der Waals surface area (Å²) >= 11 is 3.59. The van der Waals surface area contributed by atoms with Crippen LogP contribution in [0.4, 0.5) is 0 Å². The number of likely N-dealkylation sites (tertiary alicyclic amines) is 1. The van der Waals surface area contributed by atoms with Crippen molar-refractivity contribution in [3.8, 4) is 0 Å². The Hall–Kier alpha value is -0.320. The van der Waals surface area contributed by atoms with Crippen molar-refractivity contribution in [1.82, 2.24) is 10.2 Å². The molecule has 19 heavy (non-hydrogen) atoms. The highest BCUT2D eigenvalue weighted by atomic mass is 79.9. The Morgan fingerprint density at radius 3 is 2.37 bits per heavy atom. The van der Waals surface area contributed by atoms with Crippen LogP contribution >= 0.6 is 15.9 Å². The molecule has 4 heteroatoms. The second-order valence-electron chi connectivity index (χ2n) is 5.91. The van der Waals surface area contributed by atoms with E-state index >= 15 is 0 Å². The van der Waals surface area contributed by atoms with Crippen molar-refractivity contribution >= 4 is 15.9 Å². The molecule has 0 saturated carbocycles. The van der Waals surface area contributed by atoms with E-state index < -0.39 is 0 Å². The Morgan fingerprint density at radius 1 is 1.26 bits per heavy atom. The van der Waals surface area contributed by atoms with Crippen LogP contribution in [0.25, 0.3) is 0 Å². The van der Waals surface area contributed by atoms with Gasteiger partial charge in [0, 0.05) is 5.54 Å². The van der Waals surface area contributed by atoms with Gasteiger partial charge in [0.15, 0.2) is 0 Å². The summed E-state index contributed by atoms with van der Waals surface area (Å²) in [6.07, 6.45) is 7.09. The van der Waals surface area contributed by atoms with E-state index in [2.05, 4.69) is 40.0 Å². The van der Waals surface area contributed by atoms with E-state index in [9.17, 15) is 0 Å². The highest BCUT2D eigenvalue weighted by Gasteiger charge is 2.38. The average molecular weight is 329 g/mol. The molecule has 1 aromatic rings. The Kier molecular flexibility index (Phi) is 5.09. The van der Waals surface area contributed by atoms with Crippen molar-refractivity contribution in [2.75, 3.05) is 20.1 Å². The fraction of sp³-hybridized carbons (Fsp3) is 0.733. The van der Waals surface area contributed by atoms with Crippen LogP contribution in [-0.2, 0) is 0 Å². The van der Waals surface area contributed by atoms with E-state index in [0.717, 1.165) is 10.2 Å². The van der Waals surface area contributed by atoms with Crippen LogP contribution in [0, 0.1) is 0 Å². The van der Waals surface area contributed by atoms with Crippen LogP contribution < -0.4 is 5.32 Å². The third-order valence-corrected chi connectivity index (χ3v) is 4.98. The number of halogens is 1. The van der Waals surface area contributed by atoms with E-state index in [-0.39, 0.29) is 11.6 Å². The van der Waals surface area contributed by atoms with Crippen LogP contribution in [0.3, 0.4) is 0 Å². The van der Waals surface area contributed by atoms with Gasteiger partial charge in [-0.05, 0) is 68.8 Å². The second kappa shape index (κ2) is 6.42. The zero-order valence-electron chi connectivity index (χ0n) is 12.2. The number of hydrogen-bond donors (Lipinski definition) is 1. The number of likely N-dealkylation sites (N-methyl/N-ethyl adjacent to an activating group) is 1. The third-order valence-electron chi connectivity index (χ3n) is 4.32. The van der Waals surface area contributed by atoms with Crippen LogP contribution in [0.2, 0.25) is 0 Å². The number of rotatable bonds is 4. The zero-order chi connectivity index (χ0) is 13.9. The van der Waals surface area contributed by atoms with Gasteiger partial charge in [0.25, 0.3) is 0 Å².